The van der Waals surface area contributed by atoms with Crippen molar-refractivity contribution >= 4 is 0 Å². The summed E-state index contributed by atoms with van der Waals surface area (Å²) in [6.45, 7) is 2.31. The number of unbranched alkanes of at least 4 members (excludes halogenated alkanes) is 12. The standard InChI is InChI=1S/C19H37FO/c1-2-3-4-5-6-7-8-9-10-11-12-13-14-16-19(20)17-15-18-21/h17,21H,2-16,18H2,1H3/b19-17-. The lowest BCUT2D eigenvalue weighted by Crippen LogP contribution is -1.84. The van der Waals surface area contributed by atoms with E-state index in [2.05, 4.69) is 6.92 Å². The molecule has 0 aliphatic carbocycles. The minimum atomic E-state index is -0.0490. The molecular weight excluding hydrogens is 263 g/mol. The summed E-state index contributed by atoms with van der Waals surface area (Å²) in [5.41, 5.74) is 0. The Balaban J connectivity index is 3.09. The quantitative estimate of drug-likeness (QED) is 0.314. The Morgan fingerprint density at radius 1 is 0.762 bits per heavy atom. The summed E-state index contributed by atoms with van der Waals surface area (Å²) < 4.78 is 13.2. The van der Waals surface area contributed by atoms with Crippen molar-refractivity contribution in [2.24, 2.45) is 0 Å². The van der Waals surface area contributed by atoms with Crippen molar-refractivity contribution < 1.29 is 9.50 Å². The molecule has 0 unspecified atom stereocenters. The van der Waals surface area contributed by atoms with Crippen LogP contribution in [0.15, 0.2) is 11.9 Å². The first-order valence-electron chi connectivity index (χ1n) is 9.26. The lowest BCUT2D eigenvalue weighted by Gasteiger charge is -2.03. The number of hydrogen-bond donors (Lipinski definition) is 1. The van der Waals surface area contributed by atoms with Crippen LogP contribution in [0.2, 0.25) is 0 Å². The third kappa shape index (κ3) is 17.6. The number of halogens is 1. The van der Waals surface area contributed by atoms with Crippen molar-refractivity contribution in [3.63, 3.8) is 0 Å². The second-order valence-electron chi connectivity index (χ2n) is 6.16. The third-order valence-corrected chi connectivity index (χ3v) is 4.01. The molecule has 0 heterocycles. The number of aliphatic hydroxyl groups is 1. The molecule has 0 aliphatic heterocycles. The van der Waals surface area contributed by atoms with Crippen LogP contribution >= 0.6 is 0 Å². The summed E-state index contributed by atoms with van der Waals surface area (Å²) in [5.74, 6) is -0.0490. The minimum Gasteiger partial charge on any atom is -0.396 e. The zero-order valence-electron chi connectivity index (χ0n) is 14.2. The van der Waals surface area contributed by atoms with Gasteiger partial charge in [-0.1, -0.05) is 90.0 Å². The molecule has 0 amide bonds. The zero-order chi connectivity index (χ0) is 15.6. The number of rotatable bonds is 16. The lowest BCUT2D eigenvalue weighted by molar-refractivity contribution is 0.301. The van der Waals surface area contributed by atoms with Gasteiger partial charge in [0.2, 0.25) is 0 Å². The van der Waals surface area contributed by atoms with E-state index in [1.807, 2.05) is 0 Å². The van der Waals surface area contributed by atoms with E-state index in [1.165, 1.54) is 76.7 Å². The van der Waals surface area contributed by atoms with Crippen molar-refractivity contribution in [2.75, 3.05) is 6.61 Å². The second kappa shape index (κ2) is 17.7. The molecule has 0 aromatic heterocycles. The molecule has 0 aromatic carbocycles. The molecule has 21 heavy (non-hydrogen) atoms. The van der Waals surface area contributed by atoms with E-state index in [-0.39, 0.29) is 12.4 Å². The SMILES string of the molecule is CCCCCCCCCCCCCCC/C(F)=C/CCO. The van der Waals surface area contributed by atoms with E-state index in [0.29, 0.717) is 12.8 Å². The third-order valence-electron chi connectivity index (χ3n) is 4.01. The smallest absolute Gasteiger partial charge is 0.0960 e. The van der Waals surface area contributed by atoms with Crippen LogP contribution in [0.4, 0.5) is 4.39 Å². The van der Waals surface area contributed by atoms with E-state index in [1.54, 1.807) is 0 Å². The number of hydrogen-bond acceptors (Lipinski definition) is 1. The Kier molecular flexibility index (Phi) is 17.4. The maximum absolute atomic E-state index is 13.2. The molecule has 126 valence electrons. The van der Waals surface area contributed by atoms with Gasteiger partial charge in [-0.05, 0) is 19.3 Å². The van der Waals surface area contributed by atoms with Gasteiger partial charge in [-0.15, -0.1) is 0 Å². The van der Waals surface area contributed by atoms with Crippen molar-refractivity contribution in [3.8, 4) is 0 Å². The van der Waals surface area contributed by atoms with Gasteiger partial charge in [-0.2, -0.15) is 0 Å². The molecule has 1 N–H and O–H groups in total. The molecule has 1 nitrogen and oxygen atoms in total. The van der Waals surface area contributed by atoms with Gasteiger partial charge in [0.05, 0.1) is 5.83 Å². The molecule has 0 aromatic rings. The lowest BCUT2D eigenvalue weighted by atomic mass is 10.0. The summed E-state index contributed by atoms with van der Waals surface area (Å²) in [4.78, 5) is 0. The normalized spacial score (nSPS) is 12.0. The van der Waals surface area contributed by atoms with Crippen molar-refractivity contribution in [1.82, 2.24) is 0 Å². The van der Waals surface area contributed by atoms with E-state index in [0.717, 1.165) is 12.8 Å². The van der Waals surface area contributed by atoms with Crippen LogP contribution in [0.1, 0.15) is 103 Å². The zero-order valence-corrected chi connectivity index (χ0v) is 14.2. The van der Waals surface area contributed by atoms with Gasteiger partial charge >= 0.3 is 0 Å². The first-order valence-corrected chi connectivity index (χ1v) is 9.26. The molecule has 0 fully saturated rings. The highest BCUT2D eigenvalue weighted by Gasteiger charge is 1.96. The van der Waals surface area contributed by atoms with Crippen LogP contribution in [0.25, 0.3) is 0 Å². The van der Waals surface area contributed by atoms with E-state index < -0.39 is 0 Å². The summed E-state index contributed by atoms with van der Waals surface area (Å²) in [6.07, 6.45) is 19.7. The van der Waals surface area contributed by atoms with Crippen molar-refractivity contribution in [1.29, 1.82) is 0 Å². The summed E-state index contributed by atoms with van der Waals surface area (Å²) >= 11 is 0. The topological polar surface area (TPSA) is 20.2 Å². The average molecular weight is 301 g/mol. The second-order valence-corrected chi connectivity index (χ2v) is 6.16. The van der Waals surface area contributed by atoms with Crippen LogP contribution in [0, 0.1) is 0 Å². The van der Waals surface area contributed by atoms with Crippen LogP contribution in [-0.4, -0.2) is 11.7 Å². The Hall–Kier alpha value is -0.370. The molecule has 0 rings (SSSR count). The monoisotopic (exact) mass is 300 g/mol. The van der Waals surface area contributed by atoms with Gasteiger partial charge in [0, 0.05) is 6.61 Å². The first-order chi connectivity index (χ1) is 10.3. The summed E-state index contributed by atoms with van der Waals surface area (Å²) in [5, 5.41) is 8.59. The van der Waals surface area contributed by atoms with Crippen molar-refractivity contribution in [2.45, 2.75) is 103 Å². The van der Waals surface area contributed by atoms with E-state index >= 15 is 0 Å². The van der Waals surface area contributed by atoms with Crippen LogP contribution < -0.4 is 0 Å². The molecule has 0 aliphatic rings. The van der Waals surface area contributed by atoms with Gasteiger partial charge in [-0.25, -0.2) is 4.39 Å². The highest BCUT2D eigenvalue weighted by atomic mass is 19.1. The Morgan fingerprint density at radius 3 is 1.62 bits per heavy atom. The van der Waals surface area contributed by atoms with Gasteiger partial charge < -0.3 is 5.11 Å². The molecular formula is C19H37FO. The predicted octanol–water partition coefficient (Wildman–Crippen LogP) is 6.70. The largest absolute Gasteiger partial charge is 0.396 e. The minimum absolute atomic E-state index is 0.0476. The Bertz CT molecular complexity index is 226. The fourth-order valence-electron chi connectivity index (χ4n) is 2.63. The average Bonchev–Trinajstić information content (AvgIpc) is 2.49. The predicted molar refractivity (Wildman–Crippen MR) is 91.2 cm³/mol. The van der Waals surface area contributed by atoms with E-state index in [4.69, 9.17) is 5.11 Å². The van der Waals surface area contributed by atoms with Crippen molar-refractivity contribution in [3.05, 3.63) is 11.9 Å². The highest BCUT2D eigenvalue weighted by molar-refractivity contribution is 4.90. The molecule has 2 heteroatoms. The fourth-order valence-corrected chi connectivity index (χ4v) is 2.63. The maximum Gasteiger partial charge on any atom is 0.0960 e. The van der Waals surface area contributed by atoms with Gasteiger partial charge in [0.25, 0.3) is 0 Å². The molecule has 0 radical (unpaired) electrons. The van der Waals surface area contributed by atoms with Crippen LogP contribution in [-0.2, 0) is 0 Å². The summed E-state index contributed by atoms with van der Waals surface area (Å²) in [7, 11) is 0. The van der Waals surface area contributed by atoms with Gasteiger partial charge in [-0.3, -0.25) is 0 Å². The first kappa shape index (κ1) is 20.6. The molecule has 0 atom stereocenters. The number of aliphatic hydroxyl groups excluding tert-OH is 1. The van der Waals surface area contributed by atoms with Crippen LogP contribution in [0.3, 0.4) is 0 Å². The molecule has 0 saturated carbocycles. The number of allylic oxidation sites excluding steroid dienone is 1. The Morgan fingerprint density at radius 2 is 1.19 bits per heavy atom. The van der Waals surface area contributed by atoms with Crippen LogP contribution in [0.5, 0.6) is 0 Å². The Labute approximate surface area is 132 Å². The van der Waals surface area contributed by atoms with Gasteiger partial charge in [0.15, 0.2) is 0 Å². The molecule has 0 bridgehead atoms. The maximum atomic E-state index is 13.2. The van der Waals surface area contributed by atoms with Gasteiger partial charge in [0.1, 0.15) is 0 Å². The molecule has 0 saturated heterocycles. The highest BCUT2D eigenvalue weighted by Crippen LogP contribution is 2.15. The summed E-state index contributed by atoms with van der Waals surface area (Å²) in [6, 6.07) is 0. The van der Waals surface area contributed by atoms with E-state index in [9.17, 15) is 4.39 Å². The fraction of sp³-hybridized carbons (Fsp3) is 0.895. The molecule has 0 spiro atoms.